The zero-order chi connectivity index (χ0) is 24.4. The minimum Gasteiger partial charge on any atom is -0.383 e. The molecule has 6 N–H and O–H groups in total. The molecule has 9 unspecified atom stereocenters. The van der Waals surface area contributed by atoms with Gasteiger partial charge in [0.05, 0.1) is 23.4 Å². The van der Waals surface area contributed by atoms with Gasteiger partial charge >= 0.3 is 40.1 Å². The third-order valence-electron chi connectivity index (χ3n) is 3.85. The Morgan fingerprint density at radius 2 is 0.594 bits per heavy atom. The van der Waals surface area contributed by atoms with E-state index in [9.17, 15) is 27.9 Å². The molecule has 182 valence electrons. The number of hydrogen-bond donors (Lipinski definition) is 6. The second-order valence-corrected chi connectivity index (χ2v) is 11.7. The summed E-state index contributed by atoms with van der Waals surface area (Å²) in [6, 6.07) is 0. The Labute approximate surface area is 178 Å². The molecule has 32 heavy (non-hydrogen) atoms. The highest BCUT2D eigenvalue weighted by Gasteiger charge is 2.84. The molecule has 1 rings (SSSR count). The Morgan fingerprint density at radius 3 is 0.812 bits per heavy atom. The normalized spacial score (nSPS) is 30.5. The van der Waals surface area contributed by atoms with Crippen molar-refractivity contribution in [2.45, 2.75) is 34.4 Å². The minimum absolute atomic E-state index is 2.22. The van der Waals surface area contributed by atoms with Gasteiger partial charge in [0, 0.05) is 0 Å². The van der Waals surface area contributed by atoms with Gasteiger partial charge in [0.1, 0.15) is 0 Å². The number of hydrogen-bond acceptors (Lipinski definition) is 21. The van der Waals surface area contributed by atoms with Crippen LogP contribution >= 0.6 is 40.1 Å². The van der Waals surface area contributed by atoms with Crippen LogP contribution < -0.4 is 0 Å². The van der Waals surface area contributed by atoms with Crippen LogP contribution in [0.1, 0.15) is 0 Å². The first-order valence-electron chi connectivity index (χ1n) is 7.12. The maximum Gasteiger partial charge on any atom is 0.556 e. The number of rotatable bonds is 15. The van der Waals surface area contributed by atoms with Crippen molar-refractivity contribution < 1.29 is 103 Å². The van der Waals surface area contributed by atoms with Crippen LogP contribution in [0.15, 0.2) is 0 Å². The third kappa shape index (κ3) is 7.18. The van der Waals surface area contributed by atoms with Gasteiger partial charge in [-0.25, -0.2) is 26.3 Å². The summed E-state index contributed by atoms with van der Waals surface area (Å²) in [7, 11) is -17.9. The summed E-state index contributed by atoms with van der Waals surface area (Å²) in [5.74, 6) is 0. The standard InChI is InChI=1S/C6H7O21P5/c7-1-2(28(13)23-18-8)4(30(15)25-20-10)6(32(17)27-22-12)5(31(16)26-21-11)3(1)29(14)24-19-9/h1-7H/p+5. The number of aliphatic hydroxyl groups is 1. The van der Waals surface area contributed by atoms with Gasteiger partial charge in [0.15, 0.2) is 6.10 Å². The first-order valence-corrected chi connectivity index (χ1v) is 13.4. The van der Waals surface area contributed by atoms with Crippen molar-refractivity contribution in [3.05, 3.63) is 0 Å². The minimum atomic E-state index is -3.61. The molecule has 1 saturated carbocycles. The molecule has 9 atom stereocenters. The first kappa shape index (κ1) is 29.9. The molecular weight excluding hydrogens is 563 g/mol. The molecule has 0 bridgehead atoms. The average molecular weight is 575 g/mol. The van der Waals surface area contributed by atoms with E-state index in [0.29, 0.717) is 0 Å². The summed E-state index contributed by atoms with van der Waals surface area (Å²) >= 11 is 0. The summed E-state index contributed by atoms with van der Waals surface area (Å²) in [5, 5.41) is 68.7. The lowest BCUT2D eigenvalue weighted by molar-refractivity contribution is -0.440. The highest BCUT2D eigenvalue weighted by Crippen LogP contribution is 2.63. The highest BCUT2D eigenvalue weighted by molar-refractivity contribution is 7.50. The van der Waals surface area contributed by atoms with E-state index in [-0.39, 0.29) is 0 Å². The molecule has 26 heteroatoms. The molecule has 1 aliphatic rings. The monoisotopic (exact) mass is 575 g/mol. The van der Waals surface area contributed by atoms with E-state index in [1.807, 2.05) is 0 Å². The SMILES string of the molecule is O=[P+](OOO)C1C(O)C([P+](=O)OOO)C([P+](=O)OOO)C([P+](=O)OOO)C1[P+](=O)OOO. The van der Waals surface area contributed by atoms with Gasteiger partial charge in [-0.2, -0.15) is 0 Å². The molecule has 0 saturated heterocycles. The molecule has 1 aliphatic carbocycles. The van der Waals surface area contributed by atoms with E-state index in [0.717, 1.165) is 0 Å². The zero-order valence-corrected chi connectivity index (χ0v) is 19.0. The summed E-state index contributed by atoms with van der Waals surface area (Å²) in [5.41, 5.74) is -11.1. The molecular formula is C6H12O21P5+5. The Balaban J connectivity index is 3.78. The maximum atomic E-state index is 12.5. The van der Waals surface area contributed by atoms with Crippen LogP contribution in [0.3, 0.4) is 0 Å². The van der Waals surface area contributed by atoms with Gasteiger partial charge in [-0.05, 0) is 48.0 Å². The van der Waals surface area contributed by atoms with Crippen LogP contribution in [-0.4, -0.2) is 65.8 Å². The van der Waals surface area contributed by atoms with Crippen molar-refractivity contribution in [1.82, 2.24) is 0 Å². The van der Waals surface area contributed by atoms with E-state index in [4.69, 9.17) is 26.3 Å². The predicted octanol–water partition coefficient (Wildman–Crippen LogP) is 2.02. The van der Waals surface area contributed by atoms with E-state index >= 15 is 0 Å². The van der Waals surface area contributed by atoms with E-state index in [1.54, 1.807) is 0 Å². The quantitative estimate of drug-likeness (QED) is 0.0924. The Morgan fingerprint density at radius 1 is 0.406 bits per heavy atom. The second-order valence-electron chi connectivity index (χ2n) is 5.12. The summed E-state index contributed by atoms with van der Waals surface area (Å²) in [6.07, 6.45) is -2.42. The van der Waals surface area contributed by atoms with Gasteiger partial charge in [0.2, 0.25) is 0 Å². The summed E-state index contributed by atoms with van der Waals surface area (Å²) in [4.78, 5) is 0. The molecule has 1 fully saturated rings. The van der Waals surface area contributed by atoms with Crippen LogP contribution in [0.2, 0.25) is 0 Å². The average Bonchev–Trinajstić information content (AvgIpc) is 2.73. The van der Waals surface area contributed by atoms with Crippen LogP contribution in [0.5, 0.6) is 0 Å². The van der Waals surface area contributed by atoms with Crippen LogP contribution in [-0.2, 0) is 71.4 Å². The van der Waals surface area contributed by atoms with Gasteiger partial charge in [-0.1, -0.05) is 0 Å². The van der Waals surface area contributed by atoms with Gasteiger partial charge in [0.25, 0.3) is 28.3 Å². The van der Waals surface area contributed by atoms with E-state index < -0.39 is 74.5 Å². The van der Waals surface area contributed by atoms with Crippen molar-refractivity contribution in [3.63, 3.8) is 0 Å². The Kier molecular flexibility index (Phi) is 14.0. The largest absolute Gasteiger partial charge is 0.556 e. The molecule has 0 amide bonds. The topological polar surface area (TPSA) is 299 Å². The lowest BCUT2D eigenvalue weighted by Gasteiger charge is -2.24. The molecule has 0 aliphatic heterocycles. The Bertz CT molecular complexity index is 652. The first-order chi connectivity index (χ1) is 15.2. The molecule has 0 aromatic carbocycles. The van der Waals surface area contributed by atoms with Crippen molar-refractivity contribution in [3.8, 4) is 0 Å². The van der Waals surface area contributed by atoms with Gasteiger partial charge in [-0.15, -0.1) is 0 Å². The van der Waals surface area contributed by atoms with Crippen LogP contribution in [0.25, 0.3) is 0 Å². The van der Waals surface area contributed by atoms with Crippen molar-refractivity contribution in [2.75, 3.05) is 0 Å². The van der Waals surface area contributed by atoms with Crippen molar-refractivity contribution in [1.29, 1.82) is 0 Å². The molecule has 21 nitrogen and oxygen atoms in total. The second kappa shape index (κ2) is 15.0. The van der Waals surface area contributed by atoms with E-state index in [1.165, 1.54) is 0 Å². The predicted molar refractivity (Wildman–Crippen MR) is 87.0 cm³/mol. The lowest BCUT2D eigenvalue weighted by Crippen LogP contribution is -2.58. The molecule has 0 heterocycles. The third-order valence-corrected chi connectivity index (χ3v) is 11.5. The van der Waals surface area contributed by atoms with Gasteiger partial charge < -0.3 is 5.11 Å². The fraction of sp³-hybridized carbons (Fsp3) is 1.00. The Hall–Kier alpha value is -0.140. The summed E-state index contributed by atoms with van der Waals surface area (Å²) in [6.45, 7) is 0. The zero-order valence-electron chi connectivity index (χ0n) is 14.5. The smallest absolute Gasteiger partial charge is 0.383 e. The lowest BCUT2D eigenvalue weighted by atomic mass is 9.94. The molecule has 0 radical (unpaired) electrons. The highest BCUT2D eigenvalue weighted by atomic mass is 31.1. The van der Waals surface area contributed by atoms with E-state index in [2.05, 4.69) is 48.6 Å². The van der Waals surface area contributed by atoms with Crippen molar-refractivity contribution >= 4 is 40.1 Å². The number of aliphatic hydroxyl groups excluding tert-OH is 1. The maximum absolute atomic E-state index is 12.5. The molecule has 0 spiro atoms. The van der Waals surface area contributed by atoms with Crippen LogP contribution in [0, 0.1) is 0 Å². The summed E-state index contributed by atoms with van der Waals surface area (Å²) < 4.78 is 82.1. The van der Waals surface area contributed by atoms with Crippen molar-refractivity contribution in [2.24, 2.45) is 0 Å². The molecule has 0 aromatic rings. The fourth-order valence-electron chi connectivity index (χ4n) is 2.87. The van der Waals surface area contributed by atoms with Gasteiger partial charge in [-0.3, -0.25) is 0 Å². The van der Waals surface area contributed by atoms with Crippen LogP contribution in [0.4, 0.5) is 0 Å². The molecule has 0 aromatic heterocycles. The fourth-order valence-corrected chi connectivity index (χ4v) is 11.2.